The van der Waals surface area contributed by atoms with Crippen LogP contribution >= 0.6 is 11.6 Å². The molecule has 2 aliphatic heterocycles. The van der Waals surface area contributed by atoms with Gasteiger partial charge in [0.05, 0.1) is 29.6 Å². The van der Waals surface area contributed by atoms with Crippen molar-refractivity contribution in [3.05, 3.63) is 75.8 Å². The van der Waals surface area contributed by atoms with Gasteiger partial charge in [-0.3, -0.25) is 19.3 Å². The van der Waals surface area contributed by atoms with E-state index >= 15 is 0 Å². The standard InChI is InChI=1S/C35H40ClNO6/c1-21(2)26-19-27-33(35(42)37(34(27)41)16-8-4-7-11-31(39)40)28-20-43-30(32(26)28)15-13-23(22-9-5-3-6-10-22)17-24-12-14-25(38)18-29(24)36/h3,5-6,9-10,12,14,17-18,21,27-28,30,33,38H,4,7-8,11,13,15-16,19-20H2,1-2H3,(H,39,40)/b23-17-/t27-,28+,30-,33-/m1/s1. The Morgan fingerprint density at radius 2 is 1.81 bits per heavy atom. The normalized spacial score (nSPS) is 23.7. The highest BCUT2D eigenvalue weighted by atomic mass is 35.5. The maximum Gasteiger partial charge on any atom is 0.303 e. The Morgan fingerprint density at radius 3 is 2.51 bits per heavy atom. The number of imide groups is 1. The van der Waals surface area contributed by atoms with Crippen molar-refractivity contribution in [3.63, 3.8) is 0 Å². The Hall–Kier alpha value is -3.42. The number of nitrogens with zero attached hydrogens (tertiary/aromatic N) is 1. The highest BCUT2D eigenvalue weighted by molar-refractivity contribution is 6.32. The number of aromatic hydroxyl groups is 1. The maximum atomic E-state index is 13.7. The number of carboxylic acids is 1. The van der Waals surface area contributed by atoms with Gasteiger partial charge in [0, 0.05) is 18.9 Å². The van der Waals surface area contributed by atoms with Gasteiger partial charge >= 0.3 is 5.97 Å². The molecule has 228 valence electrons. The van der Waals surface area contributed by atoms with Gasteiger partial charge in [-0.2, -0.15) is 0 Å². The van der Waals surface area contributed by atoms with E-state index < -0.39 is 11.9 Å². The van der Waals surface area contributed by atoms with Crippen molar-refractivity contribution in [2.45, 2.75) is 64.9 Å². The lowest BCUT2D eigenvalue weighted by Crippen LogP contribution is -2.35. The molecule has 3 aliphatic rings. The average Bonchev–Trinajstić information content (AvgIpc) is 3.50. The Labute approximate surface area is 258 Å². The molecule has 0 saturated carbocycles. The number of aliphatic carboxylic acids is 1. The number of amides is 2. The van der Waals surface area contributed by atoms with E-state index in [-0.39, 0.29) is 47.8 Å². The molecule has 0 bridgehead atoms. The molecule has 8 heteroatoms. The zero-order chi connectivity index (χ0) is 30.7. The van der Waals surface area contributed by atoms with Gasteiger partial charge in [0.15, 0.2) is 0 Å². The monoisotopic (exact) mass is 605 g/mol. The summed E-state index contributed by atoms with van der Waals surface area (Å²) in [7, 11) is 0. The minimum absolute atomic E-state index is 0.0889. The molecule has 43 heavy (non-hydrogen) atoms. The van der Waals surface area contributed by atoms with Crippen molar-refractivity contribution in [2.24, 2.45) is 23.7 Å². The molecule has 5 rings (SSSR count). The predicted molar refractivity (Wildman–Crippen MR) is 166 cm³/mol. The Balaban J connectivity index is 1.35. The number of hydrogen-bond acceptors (Lipinski definition) is 5. The molecular weight excluding hydrogens is 566 g/mol. The number of phenols is 1. The molecule has 2 heterocycles. The smallest absolute Gasteiger partial charge is 0.303 e. The minimum atomic E-state index is -0.828. The van der Waals surface area contributed by atoms with Gasteiger partial charge in [0.25, 0.3) is 0 Å². The van der Waals surface area contributed by atoms with Crippen LogP contribution in [0.1, 0.15) is 69.9 Å². The van der Waals surface area contributed by atoms with Crippen LogP contribution in [0.3, 0.4) is 0 Å². The highest BCUT2D eigenvalue weighted by Gasteiger charge is 2.56. The lowest BCUT2D eigenvalue weighted by molar-refractivity contribution is -0.141. The summed E-state index contributed by atoms with van der Waals surface area (Å²) in [6, 6.07) is 15.1. The minimum Gasteiger partial charge on any atom is -0.508 e. The molecule has 4 atom stereocenters. The van der Waals surface area contributed by atoms with Gasteiger partial charge in [0.2, 0.25) is 11.8 Å². The molecule has 2 aromatic rings. The molecule has 2 saturated heterocycles. The molecule has 2 amide bonds. The lowest BCUT2D eigenvalue weighted by atomic mass is 9.67. The number of ether oxygens (including phenoxy) is 1. The largest absolute Gasteiger partial charge is 0.508 e. The summed E-state index contributed by atoms with van der Waals surface area (Å²) in [5.74, 6) is -1.52. The van der Waals surface area contributed by atoms with Crippen LogP contribution in [0.15, 0.2) is 59.7 Å². The van der Waals surface area contributed by atoms with E-state index in [4.69, 9.17) is 21.4 Å². The number of allylic oxidation sites excluding steroid dienone is 2. The number of rotatable bonds is 12. The van der Waals surface area contributed by atoms with Crippen LogP contribution in [0.4, 0.5) is 0 Å². The van der Waals surface area contributed by atoms with E-state index in [1.807, 2.05) is 24.3 Å². The molecule has 0 spiro atoms. The van der Waals surface area contributed by atoms with Crippen molar-refractivity contribution < 1.29 is 29.3 Å². The van der Waals surface area contributed by atoms with Crippen LogP contribution in [0.5, 0.6) is 5.75 Å². The first-order valence-electron chi connectivity index (χ1n) is 15.3. The topological polar surface area (TPSA) is 104 Å². The zero-order valence-electron chi connectivity index (χ0n) is 24.8. The second kappa shape index (κ2) is 13.5. The van der Waals surface area contributed by atoms with Gasteiger partial charge in [0.1, 0.15) is 5.75 Å². The molecule has 1 aliphatic carbocycles. The summed E-state index contributed by atoms with van der Waals surface area (Å²) in [6.45, 7) is 5.08. The molecule has 2 N–H and O–H groups in total. The summed E-state index contributed by atoms with van der Waals surface area (Å²) in [5, 5.41) is 19.2. The van der Waals surface area contributed by atoms with E-state index in [0.29, 0.717) is 43.9 Å². The fourth-order valence-corrected chi connectivity index (χ4v) is 7.26. The number of hydrogen-bond donors (Lipinski definition) is 2. The third-order valence-corrected chi connectivity index (χ3v) is 9.47. The van der Waals surface area contributed by atoms with Gasteiger partial charge in [-0.1, -0.05) is 67.8 Å². The number of benzene rings is 2. The van der Waals surface area contributed by atoms with Crippen LogP contribution in [0.2, 0.25) is 5.02 Å². The van der Waals surface area contributed by atoms with Crippen molar-refractivity contribution in [3.8, 4) is 5.75 Å². The number of phenolic OH excluding ortho intramolecular Hbond substituents is 1. The van der Waals surface area contributed by atoms with Crippen LogP contribution in [0, 0.1) is 23.7 Å². The summed E-state index contributed by atoms with van der Waals surface area (Å²) in [4.78, 5) is 39.4. The van der Waals surface area contributed by atoms with E-state index in [1.54, 1.807) is 6.07 Å². The molecule has 0 radical (unpaired) electrons. The number of fused-ring (bicyclic) bond motifs is 3. The van der Waals surface area contributed by atoms with Gasteiger partial charge < -0.3 is 14.9 Å². The van der Waals surface area contributed by atoms with E-state index in [9.17, 15) is 19.5 Å². The first-order chi connectivity index (χ1) is 20.7. The molecular formula is C35H40ClNO6. The van der Waals surface area contributed by atoms with Gasteiger partial charge in [-0.15, -0.1) is 0 Å². The van der Waals surface area contributed by atoms with Gasteiger partial charge in [-0.05, 0) is 84.6 Å². The first-order valence-corrected chi connectivity index (χ1v) is 15.7. The van der Waals surface area contributed by atoms with Gasteiger partial charge in [-0.25, -0.2) is 0 Å². The Bertz CT molecular complexity index is 1430. The fourth-order valence-electron chi connectivity index (χ4n) is 7.03. The van der Waals surface area contributed by atoms with Crippen LogP contribution in [0.25, 0.3) is 11.6 Å². The number of carbonyl (C=O) groups excluding carboxylic acids is 2. The summed E-state index contributed by atoms with van der Waals surface area (Å²) in [5.41, 5.74) is 5.45. The second-order valence-corrected chi connectivity index (χ2v) is 12.6. The maximum absolute atomic E-state index is 13.7. The summed E-state index contributed by atoms with van der Waals surface area (Å²) in [6.07, 6.45) is 5.87. The van der Waals surface area contributed by atoms with Crippen molar-refractivity contribution >= 4 is 41.0 Å². The molecule has 0 aromatic heterocycles. The van der Waals surface area contributed by atoms with Crippen LogP contribution in [-0.4, -0.2) is 52.2 Å². The fraction of sp³-hybridized carbons (Fsp3) is 0.457. The summed E-state index contributed by atoms with van der Waals surface area (Å²) < 4.78 is 6.44. The van der Waals surface area contributed by atoms with E-state index in [0.717, 1.165) is 29.5 Å². The molecule has 7 nitrogen and oxygen atoms in total. The summed E-state index contributed by atoms with van der Waals surface area (Å²) >= 11 is 6.46. The molecule has 2 fully saturated rings. The van der Waals surface area contributed by atoms with E-state index in [1.165, 1.54) is 22.1 Å². The number of carbonyl (C=O) groups is 3. The SMILES string of the molecule is CC(C)C1=C2[C@@H](CC/C(=C/c3ccc(O)cc3Cl)c3ccccc3)OC[C@@H]2[C@@H]2C(=O)N(CCCCCC(=O)O)C(=O)[C@@H]2C1. The van der Waals surface area contributed by atoms with Crippen molar-refractivity contribution in [1.82, 2.24) is 4.90 Å². The van der Waals surface area contributed by atoms with E-state index in [2.05, 4.69) is 32.1 Å². The number of carboxylic acid groups (broad SMARTS) is 1. The van der Waals surface area contributed by atoms with Crippen LogP contribution < -0.4 is 0 Å². The molecule has 2 aromatic carbocycles. The first kappa shape index (κ1) is 31.0. The zero-order valence-corrected chi connectivity index (χ0v) is 25.6. The predicted octanol–water partition coefficient (Wildman–Crippen LogP) is 6.98. The Morgan fingerprint density at radius 1 is 1.05 bits per heavy atom. The number of halogens is 1. The quantitative estimate of drug-likeness (QED) is 0.117. The Kier molecular flexibility index (Phi) is 9.72. The third-order valence-electron chi connectivity index (χ3n) is 9.14. The average molecular weight is 606 g/mol. The third kappa shape index (κ3) is 6.73. The molecule has 0 unspecified atom stereocenters. The lowest BCUT2D eigenvalue weighted by Gasteiger charge is -2.33. The van der Waals surface area contributed by atoms with Crippen molar-refractivity contribution in [2.75, 3.05) is 13.2 Å². The van der Waals surface area contributed by atoms with Crippen LogP contribution in [-0.2, 0) is 19.1 Å². The second-order valence-electron chi connectivity index (χ2n) is 12.2. The highest BCUT2D eigenvalue weighted by Crippen LogP contribution is 2.51. The van der Waals surface area contributed by atoms with Crippen molar-refractivity contribution in [1.29, 1.82) is 0 Å². The number of likely N-dealkylation sites (tertiary alicyclic amines) is 1. The number of unbranched alkanes of at least 4 members (excludes halogenated alkanes) is 2.